The summed E-state index contributed by atoms with van der Waals surface area (Å²) in [6.07, 6.45) is 5.09. The molecule has 0 bridgehead atoms. The third kappa shape index (κ3) is 3.61. The van der Waals surface area contributed by atoms with Crippen molar-refractivity contribution in [3.8, 4) is 0 Å². The number of amides is 1. The van der Waals surface area contributed by atoms with Gasteiger partial charge >= 0.3 is 0 Å². The molecule has 6 heteroatoms. The van der Waals surface area contributed by atoms with E-state index in [0.717, 1.165) is 47.1 Å². The number of hydrogen-bond acceptors (Lipinski definition) is 4. The molecule has 1 saturated heterocycles. The summed E-state index contributed by atoms with van der Waals surface area (Å²) in [5.74, 6) is 0.901. The van der Waals surface area contributed by atoms with Crippen LogP contribution in [-0.4, -0.2) is 46.4 Å². The van der Waals surface area contributed by atoms with Crippen LogP contribution < -0.4 is 5.32 Å². The van der Waals surface area contributed by atoms with Crippen LogP contribution in [0.4, 0.5) is 0 Å². The molecule has 1 amide bonds. The lowest BCUT2D eigenvalue weighted by Gasteiger charge is -2.23. The second-order valence-corrected chi connectivity index (χ2v) is 7.62. The average molecular weight is 366 g/mol. The molecule has 1 fully saturated rings. The molecule has 0 spiro atoms. The largest absolute Gasteiger partial charge is 0.337 e. The van der Waals surface area contributed by atoms with Gasteiger partial charge in [-0.05, 0) is 49.4 Å². The van der Waals surface area contributed by atoms with Gasteiger partial charge in [0.1, 0.15) is 5.65 Å². The number of likely N-dealkylation sites (N-methyl/N-ethyl adjacent to an activating group) is 1. The van der Waals surface area contributed by atoms with E-state index in [1.807, 2.05) is 65.0 Å². The highest BCUT2D eigenvalue weighted by Gasteiger charge is 2.23. The predicted octanol–water partition coefficient (Wildman–Crippen LogP) is 3.06. The number of pyridine rings is 1. The molecule has 134 valence electrons. The summed E-state index contributed by atoms with van der Waals surface area (Å²) < 4.78 is 2.03. The van der Waals surface area contributed by atoms with Crippen LogP contribution in [0.5, 0.6) is 0 Å². The van der Waals surface area contributed by atoms with Crippen molar-refractivity contribution in [2.75, 3.05) is 20.1 Å². The molecule has 1 N–H and O–H groups in total. The van der Waals surface area contributed by atoms with Crippen LogP contribution >= 0.6 is 11.8 Å². The summed E-state index contributed by atoms with van der Waals surface area (Å²) >= 11 is 1.73. The Bertz CT molecular complexity index is 867. The zero-order valence-corrected chi connectivity index (χ0v) is 15.6. The first-order valence-corrected chi connectivity index (χ1v) is 9.82. The molecule has 3 heterocycles. The Kier molecular flexibility index (Phi) is 4.95. The van der Waals surface area contributed by atoms with Crippen molar-refractivity contribution in [2.24, 2.45) is 0 Å². The maximum absolute atomic E-state index is 12.6. The smallest absolute Gasteiger partial charge is 0.253 e. The summed E-state index contributed by atoms with van der Waals surface area (Å²) in [5.41, 5.74) is 2.76. The van der Waals surface area contributed by atoms with Gasteiger partial charge in [0.05, 0.1) is 5.69 Å². The molecule has 3 aromatic rings. The lowest BCUT2D eigenvalue weighted by Crippen LogP contribution is -2.38. The van der Waals surface area contributed by atoms with Crippen LogP contribution in [0, 0.1) is 0 Å². The number of imidazole rings is 1. The fourth-order valence-electron chi connectivity index (χ4n) is 3.25. The quantitative estimate of drug-likeness (QED) is 0.705. The van der Waals surface area contributed by atoms with E-state index in [1.54, 1.807) is 11.8 Å². The SMILES string of the molecule is CN(C(=O)c1ccc(SCc2cn3ccccc3n2)cc1)C1CCNC1. The Labute approximate surface area is 157 Å². The number of benzene rings is 1. The first-order chi connectivity index (χ1) is 12.7. The Morgan fingerprint density at radius 2 is 2.15 bits per heavy atom. The summed E-state index contributed by atoms with van der Waals surface area (Å²) in [5, 5.41) is 3.31. The van der Waals surface area contributed by atoms with Crippen LogP contribution in [-0.2, 0) is 5.75 Å². The first kappa shape index (κ1) is 17.1. The molecule has 26 heavy (non-hydrogen) atoms. The normalized spacial score (nSPS) is 16.9. The van der Waals surface area contributed by atoms with Gasteiger partial charge in [0.25, 0.3) is 5.91 Å². The number of carbonyl (C=O) groups excluding carboxylic acids is 1. The van der Waals surface area contributed by atoms with Gasteiger partial charge in [-0.15, -0.1) is 11.8 Å². The van der Waals surface area contributed by atoms with E-state index in [0.29, 0.717) is 6.04 Å². The van der Waals surface area contributed by atoms with E-state index in [2.05, 4.69) is 16.5 Å². The molecule has 1 aliphatic heterocycles. The highest BCUT2D eigenvalue weighted by molar-refractivity contribution is 7.98. The van der Waals surface area contributed by atoms with Crippen LogP contribution in [0.25, 0.3) is 5.65 Å². The minimum atomic E-state index is 0.0931. The fraction of sp³-hybridized carbons (Fsp3) is 0.300. The zero-order chi connectivity index (χ0) is 17.9. The van der Waals surface area contributed by atoms with Crippen molar-refractivity contribution in [3.63, 3.8) is 0 Å². The maximum atomic E-state index is 12.6. The molecule has 5 nitrogen and oxygen atoms in total. The number of aromatic nitrogens is 2. The third-order valence-corrected chi connectivity index (χ3v) is 5.85. The second kappa shape index (κ2) is 7.51. The number of carbonyl (C=O) groups is 1. The van der Waals surface area contributed by atoms with Crippen molar-refractivity contribution >= 4 is 23.3 Å². The number of hydrogen-bond donors (Lipinski definition) is 1. The molecule has 1 unspecified atom stereocenters. The molecule has 0 radical (unpaired) electrons. The summed E-state index contributed by atoms with van der Waals surface area (Å²) in [6, 6.07) is 14.2. The van der Waals surface area contributed by atoms with Crippen molar-refractivity contribution in [3.05, 3.63) is 66.1 Å². The van der Waals surface area contributed by atoms with Crippen LogP contribution in [0.15, 0.2) is 59.8 Å². The molecule has 1 atom stereocenters. The highest BCUT2D eigenvalue weighted by Crippen LogP contribution is 2.23. The van der Waals surface area contributed by atoms with Crippen molar-refractivity contribution in [1.29, 1.82) is 0 Å². The predicted molar refractivity (Wildman–Crippen MR) is 105 cm³/mol. The summed E-state index contributed by atoms with van der Waals surface area (Å²) in [4.78, 5) is 20.2. The van der Waals surface area contributed by atoms with Crippen molar-refractivity contribution in [1.82, 2.24) is 19.6 Å². The monoisotopic (exact) mass is 366 g/mol. The van der Waals surface area contributed by atoms with Gasteiger partial charge in [0.15, 0.2) is 0 Å². The fourth-order valence-corrected chi connectivity index (χ4v) is 4.03. The van der Waals surface area contributed by atoms with Gasteiger partial charge < -0.3 is 14.6 Å². The summed E-state index contributed by atoms with van der Waals surface area (Å²) in [6.45, 7) is 1.87. The Morgan fingerprint density at radius 1 is 1.31 bits per heavy atom. The van der Waals surface area contributed by atoms with Crippen LogP contribution in [0.3, 0.4) is 0 Å². The number of thioether (sulfide) groups is 1. The topological polar surface area (TPSA) is 49.6 Å². The minimum absolute atomic E-state index is 0.0931. The third-order valence-electron chi connectivity index (χ3n) is 4.80. The van der Waals surface area contributed by atoms with Crippen LogP contribution in [0.2, 0.25) is 0 Å². The summed E-state index contributed by atoms with van der Waals surface area (Å²) in [7, 11) is 1.89. The molecule has 4 rings (SSSR count). The lowest BCUT2D eigenvalue weighted by atomic mass is 10.1. The minimum Gasteiger partial charge on any atom is -0.337 e. The molecule has 1 aliphatic rings. The Morgan fingerprint density at radius 3 is 2.88 bits per heavy atom. The van der Waals surface area contributed by atoms with Gasteiger partial charge in [0.2, 0.25) is 0 Å². The van der Waals surface area contributed by atoms with E-state index in [4.69, 9.17) is 0 Å². The number of rotatable bonds is 5. The average Bonchev–Trinajstić information content (AvgIpc) is 3.35. The molecular formula is C20H22N4OS. The molecule has 1 aromatic carbocycles. The Balaban J connectivity index is 1.38. The zero-order valence-electron chi connectivity index (χ0n) is 14.8. The first-order valence-electron chi connectivity index (χ1n) is 8.84. The van der Waals surface area contributed by atoms with E-state index >= 15 is 0 Å². The lowest BCUT2D eigenvalue weighted by molar-refractivity contribution is 0.0743. The second-order valence-electron chi connectivity index (χ2n) is 6.57. The number of fused-ring (bicyclic) bond motifs is 1. The van der Waals surface area contributed by atoms with E-state index < -0.39 is 0 Å². The van der Waals surface area contributed by atoms with Gasteiger partial charge in [-0.25, -0.2) is 4.98 Å². The molecule has 0 aliphatic carbocycles. The standard InChI is InChI=1S/C20H22N4OS/c1-23(17-9-10-21-12-17)20(25)15-5-7-18(8-6-15)26-14-16-13-24-11-3-2-4-19(24)22-16/h2-8,11,13,17,21H,9-10,12,14H2,1H3. The number of nitrogens with zero attached hydrogens (tertiary/aromatic N) is 3. The van der Waals surface area contributed by atoms with Crippen molar-refractivity contribution in [2.45, 2.75) is 23.1 Å². The molecule has 2 aromatic heterocycles. The van der Waals surface area contributed by atoms with Gasteiger partial charge in [-0.3, -0.25) is 4.79 Å². The van der Waals surface area contributed by atoms with Gasteiger partial charge in [-0.2, -0.15) is 0 Å². The number of nitrogens with one attached hydrogen (secondary N) is 1. The van der Waals surface area contributed by atoms with Crippen molar-refractivity contribution < 1.29 is 4.79 Å². The molecular weight excluding hydrogens is 344 g/mol. The highest BCUT2D eigenvalue weighted by atomic mass is 32.2. The van der Waals surface area contributed by atoms with Gasteiger partial charge in [0, 0.05) is 48.2 Å². The van der Waals surface area contributed by atoms with E-state index in [-0.39, 0.29) is 5.91 Å². The van der Waals surface area contributed by atoms with E-state index in [9.17, 15) is 4.79 Å². The van der Waals surface area contributed by atoms with Crippen LogP contribution in [0.1, 0.15) is 22.5 Å². The van der Waals surface area contributed by atoms with Gasteiger partial charge in [-0.1, -0.05) is 6.07 Å². The van der Waals surface area contributed by atoms with E-state index in [1.165, 1.54) is 0 Å². The maximum Gasteiger partial charge on any atom is 0.253 e. The Hall–Kier alpha value is -2.31. The molecule has 0 saturated carbocycles.